The Balaban J connectivity index is 1.81. The van der Waals surface area contributed by atoms with Gasteiger partial charge in [0.15, 0.2) is 0 Å². The molecular weight excluding hydrogens is 256 g/mol. The van der Waals surface area contributed by atoms with Gasteiger partial charge in [0.2, 0.25) is 0 Å². The second kappa shape index (κ2) is 6.50. The summed E-state index contributed by atoms with van der Waals surface area (Å²) in [6.45, 7) is 7.08. The summed E-state index contributed by atoms with van der Waals surface area (Å²) in [5.74, 6) is 0. The molecule has 0 amide bonds. The van der Waals surface area contributed by atoms with E-state index in [1.54, 1.807) is 0 Å². The molecule has 2 heteroatoms. The first-order valence-corrected chi connectivity index (χ1v) is 8.80. The van der Waals surface area contributed by atoms with Crippen molar-refractivity contribution in [2.45, 2.75) is 70.0 Å². The maximum absolute atomic E-state index is 3.86. The molecule has 3 rings (SSSR count). The van der Waals surface area contributed by atoms with Crippen LogP contribution in [0.25, 0.3) is 0 Å². The van der Waals surface area contributed by atoms with Crippen LogP contribution in [-0.4, -0.2) is 29.6 Å². The molecular formula is C19H30N2. The van der Waals surface area contributed by atoms with Gasteiger partial charge in [-0.1, -0.05) is 56.5 Å². The lowest BCUT2D eigenvalue weighted by molar-refractivity contribution is -0.0193. The minimum Gasteiger partial charge on any atom is -0.307 e. The number of piperazine rings is 1. The van der Waals surface area contributed by atoms with E-state index in [9.17, 15) is 0 Å². The first kappa shape index (κ1) is 15.1. The summed E-state index contributed by atoms with van der Waals surface area (Å²) >= 11 is 0. The Labute approximate surface area is 129 Å². The van der Waals surface area contributed by atoms with E-state index in [-0.39, 0.29) is 0 Å². The van der Waals surface area contributed by atoms with Crippen LogP contribution in [0, 0.1) is 0 Å². The largest absolute Gasteiger partial charge is 0.307 e. The molecule has 0 radical (unpaired) electrons. The number of nitrogens with one attached hydrogen (secondary N) is 1. The van der Waals surface area contributed by atoms with Crippen molar-refractivity contribution in [3.63, 3.8) is 0 Å². The van der Waals surface area contributed by atoms with Gasteiger partial charge in [0.05, 0.1) is 0 Å². The Morgan fingerprint density at radius 3 is 2.57 bits per heavy atom. The van der Waals surface area contributed by atoms with E-state index in [1.807, 2.05) is 0 Å². The molecule has 2 atom stereocenters. The molecule has 2 unspecified atom stereocenters. The maximum Gasteiger partial charge on any atom is 0.0450 e. The molecule has 21 heavy (non-hydrogen) atoms. The van der Waals surface area contributed by atoms with Crippen molar-refractivity contribution in [2.75, 3.05) is 13.1 Å². The highest BCUT2D eigenvalue weighted by atomic mass is 15.3. The molecule has 2 nitrogen and oxygen atoms in total. The van der Waals surface area contributed by atoms with Crippen molar-refractivity contribution in [2.24, 2.45) is 0 Å². The van der Waals surface area contributed by atoms with Crippen molar-refractivity contribution < 1.29 is 0 Å². The monoisotopic (exact) mass is 286 g/mol. The van der Waals surface area contributed by atoms with E-state index in [1.165, 1.54) is 50.6 Å². The van der Waals surface area contributed by atoms with Crippen molar-refractivity contribution in [1.29, 1.82) is 0 Å². The lowest BCUT2D eigenvalue weighted by atomic mass is 9.77. The van der Waals surface area contributed by atoms with E-state index in [0.29, 0.717) is 17.6 Å². The average Bonchev–Trinajstić information content (AvgIpc) is 2.56. The van der Waals surface area contributed by atoms with Gasteiger partial charge in [-0.25, -0.2) is 0 Å². The SMILES string of the molecule is CCC(C)N1CC(c2ccccc2)NCC12CCCCC2. The summed E-state index contributed by atoms with van der Waals surface area (Å²) in [4.78, 5) is 2.85. The highest BCUT2D eigenvalue weighted by molar-refractivity contribution is 5.21. The standard InChI is InChI=1S/C19H30N2/c1-3-16(2)21-14-18(17-10-6-4-7-11-17)20-15-19(21)12-8-5-9-13-19/h4,6-7,10-11,16,18,20H,3,5,8-9,12-15H2,1-2H3. The van der Waals surface area contributed by atoms with E-state index in [0.717, 1.165) is 6.54 Å². The molecule has 1 aromatic rings. The minimum absolute atomic E-state index is 0.430. The van der Waals surface area contributed by atoms with Crippen LogP contribution in [0.4, 0.5) is 0 Å². The Hall–Kier alpha value is -0.860. The van der Waals surface area contributed by atoms with Gasteiger partial charge in [0, 0.05) is 30.7 Å². The molecule has 1 aliphatic carbocycles. The third-order valence-corrected chi connectivity index (χ3v) is 5.78. The molecule has 1 saturated heterocycles. The van der Waals surface area contributed by atoms with Crippen LogP contribution < -0.4 is 5.32 Å². The van der Waals surface area contributed by atoms with Crippen molar-refractivity contribution in [1.82, 2.24) is 10.2 Å². The fourth-order valence-electron chi connectivity index (χ4n) is 4.32. The summed E-state index contributed by atoms with van der Waals surface area (Å²) in [5.41, 5.74) is 1.87. The predicted molar refractivity (Wildman–Crippen MR) is 89.5 cm³/mol. The third kappa shape index (κ3) is 3.02. The lowest BCUT2D eigenvalue weighted by Gasteiger charge is -2.54. The lowest BCUT2D eigenvalue weighted by Crippen LogP contribution is -2.64. The maximum atomic E-state index is 3.86. The first-order valence-electron chi connectivity index (χ1n) is 8.80. The molecule has 2 fully saturated rings. The van der Waals surface area contributed by atoms with Gasteiger partial charge >= 0.3 is 0 Å². The summed E-state index contributed by atoms with van der Waals surface area (Å²) in [7, 11) is 0. The van der Waals surface area contributed by atoms with Crippen LogP contribution in [0.1, 0.15) is 64.0 Å². The van der Waals surface area contributed by atoms with Gasteiger partial charge in [-0.3, -0.25) is 4.90 Å². The molecule has 1 saturated carbocycles. The van der Waals surface area contributed by atoms with Crippen LogP contribution in [0.2, 0.25) is 0 Å². The zero-order valence-corrected chi connectivity index (χ0v) is 13.6. The smallest absolute Gasteiger partial charge is 0.0450 e. The molecule has 1 aromatic carbocycles. The van der Waals surface area contributed by atoms with Crippen molar-refractivity contribution in [3.8, 4) is 0 Å². The van der Waals surface area contributed by atoms with Crippen LogP contribution in [0.5, 0.6) is 0 Å². The molecule has 1 heterocycles. The Morgan fingerprint density at radius 2 is 1.90 bits per heavy atom. The van der Waals surface area contributed by atoms with Gasteiger partial charge < -0.3 is 5.32 Å². The summed E-state index contributed by atoms with van der Waals surface area (Å²) in [6, 6.07) is 12.2. The summed E-state index contributed by atoms with van der Waals surface area (Å²) < 4.78 is 0. The summed E-state index contributed by atoms with van der Waals surface area (Å²) in [5, 5.41) is 3.86. The van der Waals surface area contributed by atoms with Crippen LogP contribution in [-0.2, 0) is 0 Å². The molecule has 0 aromatic heterocycles. The average molecular weight is 286 g/mol. The van der Waals surface area contributed by atoms with E-state index >= 15 is 0 Å². The van der Waals surface area contributed by atoms with Gasteiger partial charge in [-0.15, -0.1) is 0 Å². The van der Waals surface area contributed by atoms with Crippen LogP contribution in [0.15, 0.2) is 30.3 Å². The Bertz CT molecular complexity index is 436. The summed E-state index contributed by atoms with van der Waals surface area (Å²) in [6.07, 6.45) is 8.26. The van der Waals surface area contributed by atoms with Crippen LogP contribution >= 0.6 is 0 Å². The Kier molecular flexibility index (Phi) is 4.66. The van der Waals surface area contributed by atoms with Gasteiger partial charge in [0.25, 0.3) is 0 Å². The molecule has 1 spiro atoms. The fraction of sp³-hybridized carbons (Fsp3) is 0.684. The normalized spacial score (nSPS) is 27.6. The van der Waals surface area contributed by atoms with Gasteiger partial charge in [-0.05, 0) is 31.7 Å². The number of nitrogens with zero attached hydrogens (tertiary/aromatic N) is 1. The van der Waals surface area contributed by atoms with Gasteiger partial charge in [0.1, 0.15) is 0 Å². The zero-order chi connectivity index (χ0) is 14.7. The van der Waals surface area contributed by atoms with E-state index in [2.05, 4.69) is 54.4 Å². The molecule has 1 aliphatic heterocycles. The predicted octanol–water partition coefficient (Wildman–Crippen LogP) is 4.13. The molecule has 0 bridgehead atoms. The van der Waals surface area contributed by atoms with Crippen LogP contribution in [0.3, 0.4) is 0 Å². The Morgan fingerprint density at radius 1 is 1.19 bits per heavy atom. The number of hydrogen-bond donors (Lipinski definition) is 1. The molecule has 1 N–H and O–H groups in total. The second-order valence-corrected chi connectivity index (χ2v) is 7.04. The highest BCUT2D eigenvalue weighted by Gasteiger charge is 2.43. The first-order chi connectivity index (χ1) is 10.2. The molecule has 116 valence electrons. The fourth-order valence-corrected chi connectivity index (χ4v) is 4.32. The van der Waals surface area contributed by atoms with Crippen molar-refractivity contribution >= 4 is 0 Å². The van der Waals surface area contributed by atoms with Crippen molar-refractivity contribution in [3.05, 3.63) is 35.9 Å². The zero-order valence-electron chi connectivity index (χ0n) is 13.6. The highest BCUT2D eigenvalue weighted by Crippen LogP contribution is 2.39. The number of rotatable bonds is 3. The van der Waals surface area contributed by atoms with E-state index < -0.39 is 0 Å². The number of benzene rings is 1. The topological polar surface area (TPSA) is 15.3 Å². The van der Waals surface area contributed by atoms with E-state index in [4.69, 9.17) is 0 Å². The molecule has 2 aliphatic rings. The second-order valence-electron chi connectivity index (χ2n) is 7.04. The minimum atomic E-state index is 0.430. The number of hydrogen-bond acceptors (Lipinski definition) is 2. The van der Waals surface area contributed by atoms with Gasteiger partial charge in [-0.2, -0.15) is 0 Å². The quantitative estimate of drug-likeness (QED) is 0.898. The third-order valence-electron chi connectivity index (χ3n) is 5.78.